The number of carbonyl (C=O) groups excluding carboxylic acids is 1. The minimum absolute atomic E-state index is 0.0160. The van der Waals surface area contributed by atoms with E-state index < -0.39 is 0 Å². The largest absolute Gasteiger partial charge is 0.454 e. The predicted octanol–water partition coefficient (Wildman–Crippen LogP) is 2.95. The zero-order valence-corrected chi connectivity index (χ0v) is 17.4. The van der Waals surface area contributed by atoms with Crippen molar-refractivity contribution >= 4 is 11.7 Å². The molecule has 2 aliphatic rings. The predicted molar refractivity (Wildman–Crippen MR) is 112 cm³/mol. The van der Waals surface area contributed by atoms with Crippen molar-refractivity contribution in [2.45, 2.75) is 19.8 Å². The van der Waals surface area contributed by atoms with Gasteiger partial charge in [0.05, 0.1) is 5.56 Å². The fraction of sp³-hybridized carbons (Fsp3) is 0.364. The summed E-state index contributed by atoms with van der Waals surface area (Å²) in [5.41, 5.74) is 1.40. The van der Waals surface area contributed by atoms with Crippen LogP contribution in [0.25, 0.3) is 11.5 Å². The van der Waals surface area contributed by atoms with Gasteiger partial charge in [-0.3, -0.25) is 4.79 Å². The molecule has 0 aliphatic carbocycles. The number of pyridine rings is 1. The standard InChI is InChI=1S/C22H23N5O4/c1-14(2)20-24-25-21(31-20)16-4-3-7-23-19(16)26-8-10-27(11-9-26)22(28)15-5-6-17-18(12-15)30-13-29-17/h3-7,12,14H,8-11,13H2,1-2H3. The average Bonchev–Trinajstić information content (AvgIpc) is 3.48. The molecule has 0 radical (unpaired) electrons. The molecule has 160 valence electrons. The Morgan fingerprint density at radius 1 is 1.03 bits per heavy atom. The van der Waals surface area contributed by atoms with Gasteiger partial charge in [0.2, 0.25) is 12.7 Å². The van der Waals surface area contributed by atoms with Gasteiger partial charge in [0.15, 0.2) is 11.5 Å². The quantitative estimate of drug-likeness (QED) is 0.635. The highest BCUT2D eigenvalue weighted by molar-refractivity contribution is 5.95. The van der Waals surface area contributed by atoms with Crippen LogP contribution in [0.2, 0.25) is 0 Å². The van der Waals surface area contributed by atoms with Crippen molar-refractivity contribution in [2.24, 2.45) is 0 Å². The number of piperazine rings is 1. The lowest BCUT2D eigenvalue weighted by Gasteiger charge is -2.36. The Hall–Kier alpha value is -3.62. The molecule has 1 fully saturated rings. The second-order valence-electron chi connectivity index (χ2n) is 7.82. The molecule has 0 saturated carbocycles. The van der Waals surface area contributed by atoms with E-state index in [0.29, 0.717) is 55.0 Å². The molecule has 2 aliphatic heterocycles. The topological polar surface area (TPSA) is 93.8 Å². The van der Waals surface area contributed by atoms with Crippen LogP contribution in [0.15, 0.2) is 40.9 Å². The highest BCUT2D eigenvalue weighted by Gasteiger charge is 2.27. The third-order valence-electron chi connectivity index (χ3n) is 5.44. The maximum absolute atomic E-state index is 13.0. The summed E-state index contributed by atoms with van der Waals surface area (Å²) in [4.78, 5) is 21.5. The van der Waals surface area contributed by atoms with Gasteiger partial charge in [0.25, 0.3) is 11.8 Å². The molecule has 0 bridgehead atoms. The van der Waals surface area contributed by atoms with Crippen LogP contribution in [-0.4, -0.2) is 59.0 Å². The molecule has 4 heterocycles. The van der Waals surface area contributed by atoms with E-state index in [-0.39, 0.29) is 18.6 Å². The first-order valence-electron chi connectivity index (χ1n) is 10.3. The fourth-order valence-electron chi connectivity index (χ4n) is 3.73. The van der Waals surface area contributed by atoms with Crippen molar-refractivity contribution in [1.82, 2.24) is 20.1 Å². The normalized spacial score (nSPS) is 15.6. The van der Waals surface area contributed by atoms with E-state index in [1.165, 1.54) is 0 Å². The third-order valence-corrected chi connectivity index (χ3v) is 5.44. The molecule has 0 atom stereocenters. The van der Waals surface area contributed by atoms with Gasteiger partial charge in [0.1, 0.15) is 5.82 Å². The lowest BCUT2D eigenvalue weighted by Crippen LogP contribution is -2.49. The van der Waals surface area contributed by atoms with Crippen LogP contribution in [-0.2, 0) is 0 Å². The number of rotatable bonds is 4. The number of ether oxygens (including phenoxy) is 2. The Labute approximate surface area is 179 Å². The maximum Gasteiger partial charge on any atom is 0.254 e. The van der Waals surface area contributed by atoms with Crippen LogP contribution in [0, 0.1) is 0 Å². The summed E-state index contributed by atoms with van der Waals surface area (Å²) < 4.78 is 16.6. The molecule has 1 saturated heterocycles. The molecule has 3 aromatic rings. The van der Waals surface area contributed by atoms with Gasteiger partial charge >= 0.3 is 0 Å². The summed E-state index contributed by atoms with van der Waals surface area (Å²) in [6, 6.07) is 9.10. The summed E-state index contributed by atoms with van der Waals surface area (Å²) >= 11 is 0. The molecule has 9 heteroatoms. The van der Waals surface area contributed by atoms with Crippen molar-refractivity contribution in [2.75, 3.05) is 37.9 Å². The molecule has 1 aromatic carbocycles. The lowest BCUT2D eigenvalue weighted by molar-refractivity contribution is 0.0746. The summed E-state index contributed by atoms with van der Waals surface area (Å²) in [7, 11) is 0. The molecule has 0 spiro atoms. The molecular weight excluding hydrogens is 398 g/mol. The second-order valence-corrected chi connectivity index (χ2v) is 7.82. The first kappa shape index (κ1) is 19.3. The van der Waals surface area contributed by atoms with E-state index >= 15 is 0 Å². The van der Waals surface area contributed by atoms with E-state index in [4.69, 9.17) is 13.9 Å². The Balaban J connectivity index is 1.30. The molecule has 5 rings (SSSR count). The van der Waals surface area contributed by atoms with Crippen LogP contribution in [0.3, 0.4) is 0 Å². The third kappa shape index (κ3) is 3.67. The van der Waals surface area contributed by atoms with Gasteiger partial charge in [-0.05, 0) is 30.3 Å². The number of fused-ring (bicyclic) bond motifs is 1. The molecule has 0 unspecified atom stereocenters. The Kier molecular flexibility index (Phi) is 4.93. The molecule has 31 heavy (non-hydrogen) atoms. The number of anilines is 1. The fourth-order valence-corrected chi connectivity index (χ4v) is 3.73. The number of hydrogen-bond donors (Lipinski definition) is 0. The number of benzene rings is 1. The number of nitrogens with zero attached hydrogens (tertiary/aromatic N) is 5. The summed E-state index contributed by atoms with van der Waals surface area (Å²) in [5.74, 6) is 3.28. The van der Waals surface area contributed by atoms with Crippen molar-refractivity contribution in [1.29, 1.82) is 0 Å². The smallest absolute Gasteiger partial charge is 0.254 e. The average molecular weight is 421 g/mol. The van der Waals surface area contributed by atoms with E-state index in [1.54, 1.807) is 24.4 Å². The van der Waals surface area contributed by atoms with Crippen LogP contribution >= 0.6 is 0 Å². The van der Waals surface area contributed by atoms with Crippen LogP contribution < -0.4 is 14.4 Å². The van der Waals surface area contributed by atoms with Gasteiger partial charge in [-0.2, -0.15) is 0 Å². The minimum atomic E-state index is -0.0160. The van der Waals surface area contributed by atoms with E-state index in [0.717, 1.165) is 11.4 Å². The summed E-state index contributed by atoms with van der Waals surface area (Å²) in [5, 5.41) is 8.34. The van der Waals surface area contributed by atoms with Crippen molar-refractivity contribution in [3.8, 4) is 23.0 Å². The number of carbonyl (C=O) groups is 1. The summed E-state index contributed by atoms with van der Waals surface area (Å²) in [6.45, 7) is 6.71. The van der Waals surface area contributed by atoms with Crippen molar-refractivity contribution in [3.05, 3.63) is 48.0 Å². The molecule has 2 aromatic heterocycles. The second kappa shape index (κ2) is 7.90. The molecule has 1 amide bonds. The minimum Gasteiger partial charge on any atom is -0.454 e. The van der Waals surface area contributed by atoms with Crippen LogP contribution in [0.4, 0.5) is 5.82 Å². The Morgan fingerprint density at radius 3 is 2.61 bits per heavy atom. The monoisotopic (exact) mass is 421 g/mol. The Morgan fingerprint density at radius 2 is 1.84 bits per heavy atom. The zero-order valence-electron chi connectivity index (χ0n) is 17.4. The highest BCUT2D eigenvalue weighted by atomic mass is 16.7. The first-order valence-corrected chi connectivity index (χ1v) is 10.3. The van der Waals surface area contributed by atoms with E-state index in [2.05, 4.69) is 20.1 Å². The molecule has 0 N–H and O–H groups in total. The van der Waals surface area contributed by atoms with Crippen LogP contribution in [0.1, 0.15) is 36.0 Å². The number of hydrogen-bond acceptors (Lipinski definition) is 8. The number of amides is 1. The van der Waals surface area contributed by atoms with Gasteiger partial charge in [0, 0.05) is 43.9 Å². The molecular formula is C22H23N5O4. The first-order chi connectivity index (χ1) is 15.1. The van der Waals surface area contributed by atoms with Crippen molar-refractivity contribution in [3.63, 3.8) is 0 Å². The van der Waals surface area contributed by atoms with Crippen LogP contribution in [0.5, 0.6) is 11.5 Å². The van der Waals surface area contributed by atoms with Gasteiger partial charge in [-0.25, -0.2) is 4.98 Å². The SMILES string of the molecule is CC(C)c1nnc(-c2cccnc2N2CCN(C(=O)c3ccc4c(c3)OCO4)CC2)o1. The van der Waals surface area contributed by atoms with Gasteiger partial charge < -0.3 is 23.7 Å². The van der Waals surface area contributed by atoms with Gasteiger partial charge in [-0.1, -0.05) is 13.8 Å². The van der Waals surface area contributed by atoms with E-state index in [9.17, 15) is 4.79 Å². The Bertz CT molecular complexity index is 1100. The number of aromatic nitrogens is 3. The molecule has 9 nitrogen and oxygen atoms in total. The van der Waals surface area contributed by atoms with E-state index in [1.807, 2.05) is 30.9 Å². The summed E-state index contributed by atoms with van der Waals surface area (Å²) in [6.07, 6.45) is 1.75. The zero-order chi connectivity index (χ0) is 21.4. The van der Waals surface area contributed by atoms with Gasteiger partial charge in [-0.15, -0.1) is 10.2 Å². The van der Waals surface area contributed by atoms with Crippen molar-refractivity contribution < 1.29 is 18.7 Å². The lowest BCUT2D eigenvalue weighted by atomic mass is 10.1. The highest BCUT2D eigenvalue weighted by Crippen LogP contribution is 2.33. The maximum atomic E-state index is 13.0.